The van der Waals surface area contributed by atoms with Gasteiger partial charge in [-0.3, -0.25) is 10.4 Å². The molecule has 0 amide bonds. The van der Waals surface area contributed by atoms with Crippen LogP contribution >= 0.6 is 11.3 Å². The minimum Gasteiger partial charge on any atom is -0.496 e. The molecular weight excluding hydrogens is 500 g/mol. The van der Waals surface area contributed by atoms with Crippen LogP contribution in [0.5, 0.6) is 5.75 Å². The van der Waals surface area contributed by atoms with E-state index >= 15 is 0 Å². The van der Waals surface area contributed by atoms with Gasteiger partial charge in [0, 0.05) is 39.7 Å². The van der Waals surface area contributed by atoms with E-state index in [9.17, 15) is 5.26 Å². The molecule has 0 fully saturated rings. The van der Waals surface area contributed by atoms with Crippen molar-refractivity contribution in [3.05, 3.63) is 111 Å². The molecule has 194 valence electrons. The molecule has 0 unspecified atom stereocenters. The Kier molecular flexibility index (Phi) is 7.81. The first-order chi connectivity index (χ1) is 19.0. The number of aryl methyl sites for hydroxylation is 4. The van der Waals surface area contributed by atoms with Crippen LogP contribution in [0.1, 0.15) is 51.7 Å². The van der Waals surface area contributed by atoms with Crippen molar-refractivity contribution in [1.82, 2.24) is 9.97 Å². The summed E-state index contributed by atoms with van der Waals surface area (Å²) in [6.07, 6.45) is 5.33. The third-order valence-corrected chi connectivity index (χ3v) is 7.72. The van der Waals surface area contributed by atoms with E-state index in [2.05, 4.69) is 53.7 Å². The lowest BCUT2D eigenvalue weighted by molar-refractivity contribution is 0.410. The second-order valence-corrected chi connectivity index (χ2v) is 10.7. The van der Waals surface area contributed by atoms with Gasteiger partial charge >= 0.3 is 0 Å². The number of hydrogen-bond acceptors (Lipinski definition) is 6. The summed E-state index contributed by atoms with van der Waals surface area (Å²) in [5, 5.41) is 22.5. The number of thiazole rings is 1. The van der Waals surface area contributed by atoms with E-state index in [1.165, 1.54) is 5.56 Å². The first-order valence-electron chi connectivity index (χ1n) is 13.1. The van der Waals surface area contributed by atoms with Gasteiger partial charge in [-0.05, 0) is 67.1 Å². The van der Waals surface area contributed by atoms with Crippen molar-refractivity contribution >= 4 is 28.0 Å². The second-order valence-electron chi connectivity index (χ2n) is 9.61. The number of nitrogens with one attached hydrogen (secondary N) is 1. The Hall–Kier alpha value is -4.34. The van der Waals surface area contributed by atoms with E-state index in [0.717, 1.165) is 80.9 Å². The summed E-state index contributed by atoms with van der Waals surface area (Å²) in [4.78, 5) is 9.39. The Balaban J connectivity index is 1.53. The van der Waals surface area contributed by atoms with Gasteiger partial charge in [-0.2, -0.15) is 5.26 Å². The smallest absolute Gasteiger partial charge is 0.124 e. The molecule has 0 atom stereocenters. The van der Waals surface area contributed by atoms with Gasteiger partial charge in [0.05, 0.1) is 40.7 Å². The van der Waals surface area contributed by atoms with Crippen molar-refractivity contribution in [3.8, 4) is 23.1 Å². The van der Waals surface area contributed by atoms with Crippen molar-refractivity contribution in [2.45, 2.75) is 39.5 Å². The van der Waals surface area contributed by atoms with Crippen molar-refractivity contribution in [2.24, 2.45) is 0 Å². The van der Waals surface area contributed by atoms with E-state index in [0.29, 0.717) is 11.3 Å². The van der Waals surface area contributed by atoms with Crippen LogP contribution in [0, 0.1) is 23.7 Å². The number of nitriles is 1. The molecule has 2 aromatic heterocycles. The van der Waals surface area contributed by atoms with Gasteiger partial charge in [-0.25, -0.2) is 4.98 Å². The largest absolute Gasteiger partial charge is 0.496 e. The molecule has 1 N–H and O–H groups in total. The molecule has 6 heteroatoms. The Labute approximate surface area is 233 Å². The van der Waals surface area contributed by atoms with Crippen LogP contribution in [-0.2, 0) is 19.3 Å². The molecule has 0 spiro atoms. The molecule has 39 heavy (non-hydrogen) atoms. The maximum absolute atomic E-state index is 9.20. The average Bonchev–Trinajstić information content (AvgIpc) is 3.41. The molecule has 2 heterocycles. The zero-order valence-electron chi connectivity index (χ0n) is 22.4. The fraction of sp³-hybridized carbons (Fsp3) is 0.212. The molecule has 5 aromatic rings. The number of aromatic nitrogens is 2. The number of ether oxygens (including phenoxy) is 1. The summed E-state index contributed by atoms with van der Waals surface area (Å²) in [5.41, 5.74) is 9.05. The summed E-state index contributed by atoms with van der Waals surface area (Å²) < 4.78 is 5.79. The molecular formula is C33H30N4OS. The van der Waals surface area contributed by atoms with Gasteiger partial charge in [0.2, 0.25) is 0 Å². The zero-order valence-corrected chi connectivity index (χ0v) is 23.2. The molecule has 5 rings (SSSR count). The van der Waals surface area contributed by atoms with Crippen molar-refractivity contribution in [2.75, 3.05) is 7.11 Å². The van der Waals surface area contributed by atoms with Crippen LogP contribution in [0.2, 0.25) is 0 Å². The minimum atomic E-state index is 0.442. The molecule has 5 nitrogen and oxygen atoms in total. The second kappa shape index (κ2) is 11.6. The Morgan fingerprint density at radius 2 is 1.85 bits per heavy atom. The highest BCUT2D eigenvalue weighted by atomic mass is 32.1. The fourth-order valence-corrected chi connectivity index (χ4v) is 5.58. The summed E-state index contributed by atoms with van der Waals surface area (Å²) in [7, 11) is 1.70. The van der Waals surface area contributed by atoms with E-state index in [4.69, 9.17) is 15.1 Å². The fourth-order valence-electron chi connectivity index (χ4n) is 4.96. The van der Waals surface area contributed by atoms with Crippen LogP contribution in [0.25, 0.3) is 22.2 Å². The van der Waals surface area contributed by atoms with E-state index < -0.39 is 0 Å². The van der Waals surface area contributed by atoms with Crippen molar-refractivity contribution < 1.29 is 4.74 Å². The Morgan fingerprint density at radius 3 is 2.54 bits per heavy atom. The van der Waals surface area contributed by atoms with Gasteiger partial charge in [-0.1, -0.05) is 43.7 Å². The van der Waals surface area contributed by atoms with E-state index in [-0.39, 0.29) is 0 Å². The number of methoxy groups -OCH3 is 1. The predicted octanol–water partition coefficient (Wildman–Crippen LogP) is 7.70. The molecule has 0 aliphatic carbocycles. The minimum absolute atomic E-state index is 0.442. The highest BCUT2D eigenvalue weighted by Gasteiger charge is 2.18. The summed E-state index contributed by atoms with van der Waals surface area (Å²) in [6.45, 7) is 4.17. The van der Waals surface area contributed by atoms with Crippen LogP contribution < -0.4 is 4.74 Å². The van der Waals surface area contributed by atoms with E-state index in [1.54, 1.807) is 30.6 Å². The van der Waals surface area contributed by atoms with Gasteiger partial charge in [0.1, 0.15) is 5.75 Å². The number of fused-ring (bicyclic) bond motifs is 1. The number of pyridine rings is 1. The lowest BCUT2D eigenvalue weighted by atomic mass is 9.91. The highest BCUT2D eigenvalue weighted by molar-refractivity contribution is 7.09. The SMILES string of the molecule is CCCc1cnc2cc(OC)c(CCc3cccc(-c4csc(C)n4)c3)cc2c1C(=N)c1ccc(C#N)cc1. The van der Waals surface area contributed by atoms with Gasteiger partial charge < -0.3 is 4.74 Å². The maximum Gasteiger partial charge on any atom is 0.124 e. The lowest BCUT2D eigenvalue weighted by Gasteiger charge is -2.17. The number of rotatable bonds is 9. The first-order valence-corrected chi connectivity index (χ1v) is 14.0. The van der Waals surface area contributed by atoms with Crippen molar-refractivity contribution in [1.29, 1.82) is 10.7 Å². The lowest BCUT2D eigenvalue weighted by Crippen LogP contribution is -2.09. The van der Waals surface area contributed by atoms with Crippen LogP contribution in [0.3, 0.4) is 0 Å². The molecule has 0 bridgehead atoms. The molecule has 0 saturated carbocycles. The highest BCUT2D eigenvalue weighted by Crippen LogP contribution is 2.32. The normalized spacial score (nSPS) is 10.9. The first kappa shape index (κ1) is 26.3. The van der Waals surface area contributed by atoms with E-state index in [1.807, 2.05) is 31.3 Å². The monoisotopic (exact) mass is 530 g/mol. The quantitative estimate of drug-likeness (QED) is 0.198. The Morgan fingerprint density at radius 1 is 1.03 bits per heavy atom. The molecule has 3 aromatic carbocycles. The zero-order chi connectivity index (χ0) is 27.4. The third kappa shape index (κ3) is 5.59. The summed E-state index contributed by atoms with van der Waals surface area (Å²) in [5.74, 6) is 0.806. The predicted molar refractivity (Wildman–Crippen MR) is 159 cm³/mol. The molecule has 0 radical (unpaired) electrons. The topological polar surface area (TPSA) is 82.7 Å². The third-order valence-electron chi connectivity index (χ3n) is 6.95. The summed E-state index contributed by atoms with van der Waals surface area (Å²) in [6, 6.07) is 22.1. The van der Waals surface area contributed by atoms with Crippen LogP contribution in [-0.4, -0.2) is 22.8 Å². The maximum atomic E-state index is 9.20. The number of nitrogens with zero attached hydrogens (tertiary/aromatic N) is 3. The van der Waals surface area contributed by atoms with Crippen LogP contribution in [0.15, 0.2) is 72.2 Å². The average molecular weight is 531 g/mol. The molecule has 0 saturated heterocycles. The number of hydrogen-bond donors (Lipinski definition) is 1. The van der Waals surface area contributed by atoms with Gasteiger partial charge in [0.15, 0.2) is 0 Å². The number of benzene rings is 3. The Bertz CT molecular complexity index is 1700. The van der Waals surface area contributed by atoms with Crippen LogP contribution in [0.4, 0.5) is 0 Å². The standard InChI is InChI=1S/C33H30N4OS/c1-4-6-27-19-36-29-17-31(38-3)26(14-9-22-7-5-8-25(15-22)30-20-39-21(2)37-30)16-28(29)32(27)33(35)24-12-10-23(18-34)11-13-24/h5,7-8,10-13,15-17,19-20,35H,4,6,9,14H2,1-3H3. The molecule has 0 aliphatic rings. The van der Waals surface area contributed by atoms with Gasteiger partial charge in [-0.15, -0.1) is 11.3 Å². The molecule has 0 aliphatic heterocycles. The van der Waals surface area contributed by atoms with Gasteiger partial charge in [0.25, 0.3) is 0 Å². The van der Waals surface area contributed by atoms with Crippen molar-refractivity contribution in [3.63, 3.8) is 0 Å². The summed E-state index contributed by atoms with van der Waals surface area (Å²) >= 11 is 1.66.